The zero-order valence-corrected chi connectivity index (χ0v) is 11.7. The number of rotatable bonds is 2. The Balaban J connectivity index is 2.16. The fourth-order valence-electron chi connectivity index (χ4n) is 2.26. The van der Waals surface area contributed by atoms with Crippen LogP contribution in [0.25, 0.3) is 0 Å². The zero-order chi connectivity index (χ0) is 15.0. The Kier molecular flexibility index (Phi) is 3.95. The van der Waals surface area contributed by atoms with Crippen molar-refractivity contribution in [2.45, 2.75) is 24.3 Å². The molecule has 1 aliphatic heterocycles. The number of hydrogen-bond donors (Lipinski definition) is 0. The van der Waals surface area contributed by atoms with Crippen molar-refractivity contribution >= 4 is 15.5 Å². The third-order valence-corrected chi connectivity index (χ3v) is 4.98. The lowest BCUT2D eigenvalue weighted by atomic mass is 10.1. The Morgan fingerprint density at radius 2 is 2.05 bits per heavy atom. The maximum Gasteiger partial charge on any atom is 0.433 e. The van der Waals surface area contributed by atoms with Gasteiger partial charge in [-0.3, -0.25) is 0 Å². The number of halogens is 3. The van der Waals surface area contributed by atoms with E-state index >= 15 is 0 Å². The predicted molar refractivity (Wildman–Crippen MR) is 69.3 cm³/mol. The highest BCUT2D eigenvalue weighted by atomic mass is 32.2. The lowest BCUT2D eigenvalue weighted by Crippen LogP contribution is -2.42. The average Bonchev–Trinajstić information content (AvgIpc) is 2.37. The Labute approximate surface area is 115 Å². The fraction of sp³-hybridized carbons (Fsp3) is 0.583. The first-order valence-corrected chi connectivity index (χ1v) is 8.10. The lowest BCUT2D eigenvalue weighted by Gasteiger charge is -2.33. The van der Waals surface area contributed by atoms with E-state index in [1.165, 1.54) is 12.3 Å². The number of piperidine rings is 1. The van der Waals surface area contributed by atoms with Gasteiger partial charge in [0.05, 0.1) is 17.1 Å². The summed E-state index contributed by atoms with van der Waals surface area (Å²) in [7, 11) is -3.14. The summed E-state index contributed by atoms with van der Waals surface area (Å²) in [4.78, 5) is 5.16. The van der Waals surface area contributed by atoms with Crippen LogP contribution in [-0.4, -0.2) is 38.0 Å². The molecule has 0 bridgehead atoms. The van der Waals surface area contributed by atoms with E-state index in [0.717, 1.165) is 12.3 Å². The van der Waals surface area contributed by atoms with Gasteiger partial charge in [-0.1, -0.05) is 0 Å². The molecule has 20 heavy (non-hydrogen) atoms. The quantitative estimate of drug-likeness (QED) is 0.840. The van der Waals surface area contributed by atoms with Crippen molar-refractivity contribution in [1.82, 2.24) is 4.98 Å². The minimum atomic E-state index is -4.46. The molecule has 1 aromatic heterocycles. The van der Waals surface area contributed by atoms with Crippen LogP contribution in [0.1, 0.15) is 18.5 Å². The second-order valence-electron chi connectivity index (χ2n) is 4.94. The molecule has 0 aliphatic carbocycles. The molecule has 8 heteroatoms. The molecule has 0 N–H and O–H groups in total. The van der Waals surface area contributed by atoms with Crippen LogP contribution in [0.5, 0.6) is 0 Å². The highest BCUT2D eigenvalue weighted by molar-refractivity contribution is 7.91. The molecule has 2 rings (SSSR count). The molecule has 4 nitrogen and oxygen atoms in total. The highest BCUT2D eigenvalue weighted by Crippen LogP contribution is 2.29. The van der Waals surface area contributed by atoms with Gasteiger partial charge in [-0.2, -0.15) is 13.2 Å². The molecule has 0 radical (unpaired) electrons. The van der Waals surface area contributed by atoms with Gasteiger partial charge in [-0.15, -0.1) is 0 Å². The molecule has 0 saturated carbocycles. The van der Waals surface area contributed by atoms with Crippen molar-refractivity contribution in [3.05, 3.63) is 24.0 Å². The summed E-state index contributed by atoms with van der Waals surface area (Å²) in [6.07, 6.45) is -0.850. The van der Waals surface area contributed by atoms with Gasteiger partial charge in [0, 0.05) is 19.3 Å². The molecule has 112 valence electrons. The molecule has 1 aromatic rings. The molecule has 0 spiro atoms. The number of pyridine rings is 1. The van der Waals surface area contributed by atoms with Gasteiger partial charge in [0.2, 0.25) is 0 Å². The standard InChI is InChI=1S/C12H15F3N2O2S/c1-20(18,19)10-3-2-6-17(8-10)9-4-5-11(16-7-9)12(13,14)15/h4-5,7,10H,2-3,6,8H2,1H3. The molecule has 0 amide bonds. The summed E-state index contributed by atoms with van der Waals surface area (Å²) in [5, 5.41) is -0.474. The first-order chi connectivity index (χ1) is 9.18. The SMILES string of the molecule is CS(=O)(=O)C1CCCN(c2ccc(C(F)(F)F)nc2)C1. The third kappa shape index (κ3) is 3.41. The summed E-state index contributed by atoms with van der Waals surface area (Å²) in [5.41, 5.74) is -0.427. The van der Waals surface area contributed by atoms with Crippen LogP contribution in [0.4, 0.5) is 18.9 Å². The smallest absolute Gasteiger partial charge is 0.369 e. The van der Waals surface area contributed by atoms with Gasteiger partial charge < -0.3 is 4.90 Å². The van der Waals surface area contributed by atoms with Gasteiger partial charge in [-0.05, 0) is 25.0 Å². The van der Waals surface area contributed by atoms with Crippen LogP contribution >= 0.6 is 0 Å². The first-order valence-electron chi connectivity index (χ1n) is 6.15. The second kappa shape index (κ2) is 5.23. The van der Waals surface area contributed by atoms with Crippen molar-refractivity contribution in [2.24, 2.45) is 0 Å². The number of aromatic nitrogens is 1. The Bertz CT molecular complexity index is 569. The number of anilines is 1. The molecule has 1 aliphatic rings. The van der Waals surface area contributed by atoms with E-state index in [1.807, 2.05) is 0 Å². The molecule has 1 atom stereocenters. The monoisotopic (exact) mass is 308 g/mol. The van der Waals surface area contributed by atoms with Crippen LogP contribution in [-0.2, 0) is 16.0 Å². The van der Waals surface area contributed by atoms with Gasteiger partial charge in [0.15, 0.2) is 9.84 Å². The average molecular weight is 308 g/mol. The Hall–Kier alpha value is -1.31. The van der Waals surface area contributed by atoms with E-state index < -0.39 is 27.0 Å². The van der Waals surface area contributed by atoms with Crippen molar-refractivity contribution < 1.29 is 21.6 Å². The summed E-state index contributed by atoms with van der Waals surface area (Å²) < 4.78 is 60.4. The zero-order valence-electron chi connectivity index (χ0n) is 10.9. The molecule has 1 unspecified atom stereocenters. The number of hydrogen-bond acceptors (Lipinski definition) is 4. The van der Waals surface area contributed by atoms with Crippen molar-refractivity contribution in [3.63, 3.8) is 0 Å². The second-order valence-corrected chi connectivity index (χ2v) is 7.26. The van der Waals surface area contributed by atoms with E-state index in [-0.39, 0.29) is 0 Å². The maximum atomic E-state index is 12.4. The number of nitrogens with zero attached hydrogens (tertiary/aromatic N) is 2. The highest BCUT2D eigenvalue weighted by Gasteiger charge is 2.33. The summed E-state index contributed by atoms with van der Waals surface area (Å²) in [5.74, 6) is 0. The lowest BCUT2D eigenvalue weighted by molar-refractivity contribution is -0.141. The van der Waals surface area contributed by atoms with Crippen LogP contribution < -0.4 is 4.90 Å². The number of alkyl halides is 3. The largest absolute Gasteiger partial charge is 0.433 e. The topological polar surface area (TPSA) is 50.3 Å². The molecule has 1 saturated heterocycles. The maximum absolute atomic E-state index is 12.4. The van der Waals surface area contributed by atoms with Crippen molar-refractivity contribution in [1.29, 1.82) is 0 Å². The van der Waals surface area contributed by atoms with Crippen molar-refractivity contribution in [3.8, 4) is 0 Å². The van der Waals surface area contributed by atoms with E-state index in [1.54, 1.807) is 4.90 Å². The molecular weight excluding hydrogens is 293 g/mol. The first kappa shape index (κ1) is 15.1. The summed E-state index contributed by atoms with van der Waals surface area (Å²) in [6.45, 7) is 0.922. The van der Waals surface area contributed by atoms with Gasteiger partial charge >= 0.3 is 6.18 Å². The van der Waals surface area contributed by atoms with Crippen molar-refractivity contribution in [2.75, 3.05) is 24.2 Å². The van der Waals surface area contributed by atoms with E-state index in [9.17, 15) is 21.6 Å². The van der Waals surface area contributed by atoms with Gasteiger partial charge in [0.25, 0.3) is 0 Å². The molecular formula is C12H15F3N2O2S. The summed E-state index contributed by atoms with van der Waals surface area (Å²) >= 11 is 0. The third-order valence-electron chi connectivity index (χ3n) is 3.39. The number of sulfone groups is 1. The Morgan fingerprint density at radius 1 is 1.35 bits per heavy atom. The minimum Gasteiger partial charge on any atom is -0.369 e. The van der Waals surface area contributed by atoms with E-state index in [2.05, 4.69) is 4.98 Å². The van der Waals surface area contributed by atoms with E-state index in [4.69, 9.17) is 0 Å². The Morgan fingerprint density at radius 3 is 2.55 bits per heavy atom. The van der Waals surface area contributed by atoms with Crippen LogP contribution in [0.15, 0.2) is 18.3 Å². The van der Waals surface area contributed by atoms with Gasteiger partial charge in [0.1, 0.15) is 5.69 Å². The predicted octanol–water partition coefficient (Wildman–Crippen LogP) is 2.11. The summed E-state index contributed by atoms with van der Waals surface area (Å²) in [6, 6.07) is 2.25. The van der Waals surface area contributed by atoms with Gasteiger partial charge in [-0.25, -0.2) is 13.4 Å². The minimum absolute atomic E-state index is 0.297. The van der Waals surface area contributed by atoms with Crippen LogP contribution in [0.3, 0.4) is 0 Å². The van der Waals surface area contributed by atoms with E-state index in [0.29, 0.717) is 31.6 Å². The fourth-order valence-corrected chi connectivity index (χ4v) is 3.31. The molecule has 2 heterocycles. The van der Waals surface area contributed by atoms with Crippen LogP contribution in [0.2, 0.25) is 0 Å². The molecule has 1 fully saturated rings. The normalized spacial score (nSPS) is 21.0. The van der Waals surface area contributed by atoms with Crippen LogP contribution in [0, 0.1) is 0 Å². The molecule has 0 aromatic carbocycles.